The van der Waals surface area contributed by atoms with E-state index < -0.39 is 67.4 Å². The lowest BCUT2D eigenvalue weighted by molar-refractivity contribution is -0.305. The lowest BCUT2D eigenvalue weighted by Gasteiger charge is -2.41. The van der Waals surface area contributed by atoms with Gasteiger partial charge in [0.1, 0.15) is 24.4 Å². The van der Waals surface area contributed by atoms with Crippen LogP contribution in [-0.2, 0) is 23.8 Å². The van der Waals surface area contributed by atoms with E-state index in [-0.39, 0.29) is 19.4 Å². The molecule has 0 radical (unpaired) electrons. The summed E-state index contributed by atoms with van der Waals surface area (Å²) in [6, 6.07) is -1.06. The van der Waals surface area contributed by atoms with Gasteiger partial charge in [0.2, 0.25) is 5.91 Å². The molecule has 6 N–H and O–H groups in total. The Morgan fingerprint density at radius 1 is 0.577 bits per heavy atom. The molecule has 1 saturated heterocycles. The summed E-state index contributed by atoms with van der Waals surface area (Å²) in [4.78, 5) is 26.4. The molecule has 11 heteroatoms. The summed E-state index contributed by atoms with van der Waals surface area (Å²) in [7, 11) is 0. The Kier molecular flexibility index (Phi) is 43.6. The molecule has 404 valence electrons. The first kappa shape index (κ1) is 65.3. The van der Waals surface area contributed by atoms with E-state index >= 15 is 0 Å². The van der Waals surface area contributed by atoms with Crippen LogP contribution >= 0.6 is 0 Å². The Hall–Kier alpha value is -3.68. The summed E-state index contributed by atoms with van der Waals surface area (Å²) in [5.41, 5.74) is 0. The number of unbranched alkanes of at least 4 members (excludes halogenated alkanes) is 18. The second-order valence-electron chi connectivity index (χ2n) is 18.7. The minimum Gasteiger partial charge on any atom is -0.454 e. The summed E-state index contributed by atoms with van der Waals surface area (Å²) in [5, 5.41) is 56.7. The van der Waals surface area contributed by atoms with Crippen LogP contribution < -0.4 is 5.32 Å². The largest absolute Gasteiger partial charge is 0.454 e. The third kappa shape index (κ3) is 36.0. The molecule has 1 fully saturated rings. The van der Waals surface area contributed by atoms with E-state index in [1.54, 1.807) is 6.08 Å². The topological polar surface area (TPSA) is 175 Å². The summed E-state index contributed by atoms with van der Waals surface area (Å²) < 4.78 is 17.4. The first-order chi connectivity index (χ1) is 34.7. The van der Waals surface area contributed by atoms with E-state index in [1.165, 1.54) is 70.6 Å². The van der Waals surface area contributed by atoms with E-state index in [0.717, 1.165) is 70.6 Å². The molecule has 0 saturated carbocycles. The second-order valence-corrected chi connectivity index (χ2v) is 18.7. The zero-order valence-electron chi connectivity index (χ0n) is 44.3. The highest BCUT2D eigenvalue weighted by Crippen LogP contribution is 2.26. The number of nitrogens with one attached hydrogen (secondary N) is 1. The van der Waals surface area contributed by atoms with Crippen LogP contribution in [0, 0.1) is 0 Å². The molecule has 1 heterocycles. The molecule has 8 unspecified atom stereocenters. The van der Waals surface area contributed by atoms with E-state index in [4.69, 9.17) is 14.2 Å². The molecule has 1 aliphatic heterocycles. The highest BCUT2D eigenvalue weighted by molar-refractivity contribution is 5.80. The van der Waals surface area contributed by atoms with Crippen molar-refractivity contribution in [3.05, 3.63) is 109 Å². The minimum absolute atomic E-state index is 0.0184. The number of carbonyl (C=O) groups excluding carboxylic acids is 2. The maximum absolute atomic E-state index is 13.4. The number of rotatable bonds is 44. The predicted octanol–water partition coefficient (Wildman–Crippen LogP) is 12.2. The van der Waals surface area contributed by atoms with Crippen LogP contribution in [0.25, 0.3) is 0 Å². The Morgan fingerprint density at radius 2 is 1.07 bits per heavy atom. The van der Waals surface area contributed by atoms with Gasteiger partial charge in [-0.2, -0.15) is 0 Å². The molecule has 1 aliphatic rings. The highest BCUT2D eigenvalue weighted by Gasteiger charge is 2.47. The minimum atomic E-state index is -1.65. The number of ether oxygens (including phenoxy) is 3. The molecular weight excluding hydrogens is 895 g/mol. The Labute approximate surface area is 430 Å². The van der Waals surface area contributed by atoms with E-state index in [0.29, 0.717) is 19.3 Å². The van der Waals surface area contributed by atoms with Crippen LogP contribution in [0.2, 0.25) is 0 Å². The van der Waals surface area contributed by atoms with Gasteiger partial charge in [-0.15, -0.1) is 0 Å². The average molecular weight is 994 g/mol. The summed E-state index contributed by atoms with van der Waals surface area (Å²) in [6.45, 7) is 5.52. The monoisotopic (exact) mass is 994 g/mol. The normalized spacial score (nSPS) is 20.5. The van der Waals surface area contributed by atoms with Gasteiger partial charge in [0.05, 0.1) is 25.4 Å². The molecular formula is C60H99NO10. The third-order valence-electron chi connectivity index (χ3n) is 12.3. The zero-order valence-corrected chi connectivity index (χ0v) is 44.3. The lowest BCUT2D eigenvalue weighted by atomic mass is 9.99. The van der Waals surface area contributed by atoms with Crippen molar-refractivity contribution < 1.29 is 49.3 Å². The van der Waals surface area contributed by atoms with Gasteiger partial charge < -0.3 is 45.1 Å². The first-order valence-electron chi connectivity index (χ1n) is 27.7. The molecule has 1 amide bonds. The second kappa shape index (κ2) is 47.3. The number of esters is 1. The number of allylic oxidation sites excluding steroid dienone is 17. The summed E-state index contributed by atoms with van der Waals surface area (Å²) in [5.74, 6) is -1.31. The van der Waals surface area contributed by atoms with Gasteiger partial charge >= 0.3 is 5.97 Å². The fourth-order valence-electron chi connectivity index (χ4n) is 7.86. The van der Waals surface area contributed by atoms with Gasteiger partial charge in [-0.1, -0.05) is 220 Å². The van der Waals surface area contributed by atoms with Gasteiger partial charge in [-0.25, -0.2) is 0 Å². The molecule has 0 bridgehead atoms. The number of aliphatic hydroxyl groups excluding tert-OH is 5. The van der Waals surface area contributed by atoms with Gasteiger partial charge in [0, 0.05) is 6.42 Å². The number of hydrogen-bond acceptors (Lipinski definition) is 10. The predicted molar refractivity (Wildman–Crippen MR) is 291 cm³/mol. The van der Waals surface area contributed by atoms with E-state index in [1.807, 2.05) is 60.8 Å². The van der Waals surface area contributed by atoms with Crippen molar-refractivity contribution in [2.75, 3.05) is 13.2 Å². The fourth-order valence-corrected chi connectivity index (χ4v) is 7.86. The maximum Gasteiger partial charge on any atom is 0.306 e. The van der Waals surface area contributed by atoms with Crippen molar-refractivity contribution in [1.29, 1.82) is 0 Å². The quantitative estimate of drug-likeness (QED) is 0.0149. The Morgan fingerprint density at radius 3 is 1.66 bits per heavy atom. The number of hydrogen-bond donors (Lipinski definition) is 6. The molecule has 0 aromatic rings. The lowest BCUT2D eigenvalue weighted by Crippen LogP contribution is -2.61. The number of amides is 1. The fraction of sp³-hybridized carbons (Fsp3) is 0.667. The standard InChI is InChI=1S/C60H99NO10/c1-4-7-10-13-16-19-22-25-26-27-30-32-35-38-41-44-47-53(64)59(68)61-51(52(63)46-43-40-37-34-31-28-23-20-17-14-11-8-5-2)50-69-60-58(57(67)56(66)54(49-62)70-60)71-55(65)48-45-42-39-36-33-29-24-21-18-15-12-9-6-3/h9,12,15-16,18-19,21,24-26,29-30,32-33,36,39,43,46,51-54,56-58,60,62-64,66-67H,4-8,10-11,13-14,17,20,22-23,27-28,31,34-35,37-38,40-42,44-45,47-50H2,1-3H3,(H,61,68)/b12-9+,18-15+,19-16-,24-21-,26-25-,32-30-,33-29-,39-36+,46-43+. The maximum atomic E-state index is 13.4. The van der Waals surface area contributed by atoms with Crippen molar-refractivity contribution in [2.24, 2.45) is 0 Å². The summed E-state index contributed by atoms with van der Waals surface area (Å²) in [6.07, 6.45) is 52.8. The van der Waals surface area contributed by atoms with Crippen molar-refractivity contribution in [3.63, 3.8) is 0 Å². The van der Waals surface area contributed by atoms with Crippen molar-refractivity contribution >= 4 is 11.9 Å². The van der Waals surface area contributed by atoms with Gasteiger partial charge in [0.25, 0.3) is 0 Å². The molecule has 0 aromatic heterocycles. The van der Waals surface area contributed by atoms with Crippen LogP contribution in [0.5, 0.6) is 0 Å². The molecule has 1 rings (SSSR count). The van der Waals surface area contributed by atoms with E-state index in [2.05, 4.69) is 68.6 Å². The zero-order chi connectivity index (χ0) is 51.8. The van der Waals surface area contributed by atoms with Gasteiger partial charge in [0.15, 0.2) is 12.4 Å². The van der Waals surface area contributed by atoms with Gasteiger partial charge in [-0.3, -0.25) is 9.59 Å². The summed E-state index contributed by atoms with van der Waals surface area (Å²) >= 11 is 0. The highest BCUT2D eigenvalue weighted by atomic mass is 16.7. The van der Waals surface area contributed by atoms with Crippen LogP contribution in [-0.4, -0.2) is 99.6 Å². The van der Waals surface area contributed by atoms with Crippen LogP contribution in [0.15, 0.2) is 109 Å². The van der Waals surface area contributed by atoms with Crippen LogP contribution in [0.3, 0.4) is 0 Å². The molecule has 71 heavy (non-hydrogen) atoms. The van der Waals surface area contributed by atoms with E-state index in [9.17, 15) is 35.1 Å². The van der Waals surface area contributed by atoms with Crippen molar-refractivity contribution in [3.8, 4) is 0 Å². The first-order valence-corrected chi connectivity index (χ1v) is 27.7. The van der Waals surface area contributed by atoms with Crippen LogP contribution in [0.1, 0.15) is 194 Å². The average Bonchev–Trinajstić information content (AvgIpc) is 3.37. The molecule has 0 spiro atoms. The Balaban J connectivity index is 2.83. The molecule has 8 atom stereocenters. The number of carbonyl (C=O) groups is 2. The molecule has 0 aliphatic carbocycles. The smallest absolute Gasteiger partial charge is 0.306 e. The van der Waals surface area contributed by atoms with Crippen molar-refractivity contribution in [2.45, 2.75) is 243 Å². The molecule has 0 aromatic carbocycles. The number of aliphatic hydroxyl groups is 5. The Bertz CT molecular complexity index is 1560. The molecule has 11 nitrogen and oxygen atoms in total. The van der Waals surface area contributed by atoms with Crippen LogP contribution in [0.4, 0.5) is 0 Å². The third-order valence-corrected chi connectivity index (χ3v) is 12.3. The van der Waals surface area contributed by atoms with Gasteiger partial charge in [-0.05, 0) is 77.0 Å². The SMILES string of the molecule is CC/C=C/C=C/C=C\C=C/C=C/CCCC(=O)OC1C(OCC(NC(=O)C(O)CCCCC/C=C\C/C=C\C/C=C\CCCCC)C(O)/C=C/CCCCCCCCCCCCC)OC(CO)C(O)C1O. The van der Waals surface area contributed by atoms with Crippen molar-refractivity contribution in [1.82, 2.24) is 5.32 Å².